The molecule has 1 heterocycles. The zero-order chi connectivity index (χ0) is 13.1. The number of rotatable bonds is 5. The second-order valence-electron chi connectivity index (χ2n) is 4.81. The molecule has 1 aliphatic carbocycles. The van der Waals surface area contributed by atoms with Crippen LogP contribution in [-0.2, 0) is 0 Å². The number of nitrogens with one attached hydrogen (secondary N) is 2. The van der Waals surface area contributed by atoms with Crippen LogP contribution in [0.1, 0.15) is 23.2 Å². The molecule has 1 saturated carbocycles. The number of benzene rings is 1. The largest absolute Gasteiger partial charge is 0.486 e. The first-order chi connectivity index (χ1) is 9.34. The molecule has 1 amide bonds. The van der Waals surface area contributed by atoms with Crippen LogP contribution in [0, 0.1) is 0 Å². The summed E-state index contributed by atoms with van der Waals surface area (Å²) in [5.74, 6) is 1.09. The number of carbonyl (C=O) groups is 1. The van der Waals surface area contributed by atoms with E-state index in [4.69, 9.17) is 9.47 Å². The number of hydrogen-bond donors (Lipinski definition) is 2. The molecule has 0 aromatic heterocycles. The molecule has 0 spiro atoms. The summed E-state index contributed by atoms with van der Waals surface area (Å²) in [4.78, 5) is 12.1. The Hall–Kier alpha value is -1.75. The molecule has 19 heavy (non-hydrogen) atoms. The lowest BCUT2D eigenvalue weighted by Gasteiger charge is -2.20. The van der Waals surface area contributed by atoms with Crippen molar-refractivity contribution in [2.24, 2.45) is 0 Å². The Morgan fingerprint density at radius 1 is 1.21 bits per heavy atom. The molecule has 2 N–H and O–H groups in total. The predicted octanol–water partition coefficient (Wildman–Crippen LogP) is 0.940. The molecule has 2 aliphatic rings. The van der Waals surface area contributed by atoms with Crippen LogP contribution in [0.3, 0.4) is 0 Å². The topological polar surface area (TPSA) is 59.6 Å². The second-order valence-corrected chi connectivity index (χ2v) is 4.81. The van der Waals surface area contributed by atoms with Crippen LogP contribution in [0.4, 0.5) is 0 Å². The maximum absolute atomic E-state index is 12.1. The fourth-order valence-electron chi connectivity index (χ4n) is 2.09. The minimum Gasteiger partial charge on any atom is -0.486 e. The minimum atomic E-state index is -0.111. The Morgan fingerprint density at radius 3 is 2.89 bits per heavy atom. The fraction of sp³-hybridized carbons (Fsp3) is 0.500. The molecule has 0 atom stereocenters. The summed E-state index contributed by atoms with van der Waals surface area (Å²) in [7, 11) is 0. The molecule has 1 aromatic carbocycles. The van der Waals surface area contributed by atoms with Crippen molar-refractivity contribution >= 4 is 5.91 Å². The van der Waals surface area contributed by atoms with E-state index < -0.39 is 0 Å². The quantitative estimate of drug-likeness (QED) is 0.775. The van der Waals surface area contributed by atoms with Gasteiger partial charge in [-0.05, 0) is 25.0 Å². The molecule has 0 radical (unpaired) electrons. The van der Waals surface area contributed by atoms with Crippen molar-refractivity contribution in [3.8, 4) is 11.5 Å². The highest BCUT2D eigenvalue weighted by molar-refractivity contribution is 5.97. The zero-order valence-electron chi connectivity index (χ0n) is 10.8. The molecular formula is C14H18N2O3. The normalized spacial score (nSPS) is 17.1. The second kappa shape index (κ2) is 5.48. The van der Waals surface area contributed by atoms with E-state index in [1.165, 1.54) is 12.8 Å². The van der Waals surface area contributed by atoms with Gasteiger partial charge in [-0.3, -0.25) is 4.79 Å². The first kappa shape index (κ1) is 12.3. The Morgan fingerprint density at radius 2 is 2.05 bits per heavy atom. The Balaban J connectivity index is 1.59. The van der Waals surface area contributed by atoms with Crippen molar-refractivity contribution in [1.29, 1.82) is 0 Å². The first-order valence-corrected chi connectivity index (χ1v) is 6.75. The number of ether oxygens (including phenoxy) is 2. The van der Waals surface area contributed by atoms with Gasteiger partial charge in [-0.25, -0.2) is 0 Å². The van der Waals surface area contributed by atoms with Crippen molar-refractivity contribution in [2.45, 2.75) is 18.9 Å². The van der Waals surface area contributed by atoms with Gasteiger partial charge in [-0.2, -0.15) is 0 Å². The molecule has 1 fully saturated rings. The lowest BCUT2D eigenvalue weighted by atomic mass is 10.1. The van der Waals surface area contributed by atoms with E-state index in [0.29, 0.717) is 42.9 Å². The summed E-state index contributed by atoms with van der Waals surface area (Å²) in [6.07, 6.45) is 2.51. The van der Waals surface area contributed by atoms with E-state index in [1.54, 1.807) is 6.07 Å². The standard InChI is InChI=1S/C14H18N2O3/c17-14(16-7-6-15-10-4-5-10)11-2-1-3-12-13(11)19-9-8-18-12/h1-3,10,15H,4-9H2,(H,16,17). The fourth-order valence-corrected chi connectivity index (χ4v) is 2.09. The average Bonchev–Trinajstić information content (AvgIpc) is 3.27. The molecular weight excluding hydrogens is 244 g/mol. The van der Waals surface area contributed by atoms with E-state index in [1.807, 2.05) is 12.1 Å². The van der Waals surface area contributed by atoms with Gasteiger partial charge in [-0.15, -0.1) is 0 Å². The van der Waals surface area contributed by atoms with Gasteiger partial charge in [0.25, 0.3) is 5.91 Å². The molecule has 102 valence electrons. The number of hydrogen-bond acceptors (Lipinski definition) is 4. The summed E-state index contributed by atoms with van der Waals surface area (Å²) in [5.41, 5.74) is 0.545. The van der Waals surface area contributed by atoms with Crippen LogP contribution < -0.4 is 20.1 Å². The Bertz CT molecular complexity index is 472. The highest BCUT2D eigenvalue weighted by Gasteiger charge is 2.21. The van der Waals surface area contributed by atoms with Gasteiger partial charge in [0.15, 0.2) is 11.5 Å². The summed E-state index contributed by atoms with van der Waals surface area (Å²) >= 11 is 0. The van der Waals surface area contributed by atoms with Gasteiger partial charge >= 0.3 is 0 Å². The molecule has 5 nitrogen and oxygen atoms in total. The van der Waals surface area contributed by atoms with Crippen molar-refractivity contribution in [3.63, 3.8) is 0 Å². The number of amides is 1. The third kappa shape index (κ3) is 2.98. The van der Waals surface area contributed by atoms with Gasteiger partial charge in [-0.1, -0.05) is 6.07 Å². The van der Waals surface area contributed by atoms with Crippen LogP contribution in [0.15, 0.2) is 18.2 Å². The molecule has 5 heteroatoms. The predicted molar refractivity (Wildman–Crippen MR) is 70.8 cm³/mol. The van der Waals surface area contributed by atoms with Gasteiger partial charge in [0.1, 0.15) is 13.2 Å². The maximum atomic E-state index is 12.1. The lowest BCUT2D eigenvalue weighted by molar-refractivity contribution is 0.0942. The molecule has 0 unspecified atom stereocenters. The van der Waals surface area contributed by atoms with Gasteiger partial charge in [0, 0.05) is 19.1 Å². The molecule has 3 rings (SSSR count). The summed E-state index contributed by atoms with van der Waals surface area (Å²) in [5, 5.41) is 6.25. The summed E-state index contributed by atoms with van der Waals surface area (Å²) in [6.45, 7) is 2.45. The van der Waals surface area contributed by atoms with E-state index >= 15 is 0 Å². The Kier molecular flexibility index (Phi) is 3.55. The Labute approximate surface area is 112 Å². The SMILES string of the molecule is O=C(NCCNC1CC1)c1cccc2c1OCCO2. The van der Waals surface area contributed by atoms with Gasteiger partial charge < -0.3 is 20.1 Å². The number of fused-ring (bicyclic) bond motifs is 1. The van der Waals surface area contributed by atoms with E-state index in [0.717, 1.165) is 6.54 Å². The highest BCUT2D eigenvalue weighted by atomic mass is 16.6. The molecule has 1 aromatic rings. The third-order valence-electron chi connectivity index (χ3n) is 3.23. The van der Waals surface area contributed by atoms with Gasteiger partial charge in [0.05, 0.1) is 5.56 Å². The third-order valence-corrected chi connectivity index (χ3v) is 3.23. The summed E-state index contributed by atoms with van der Waals surface area (Å²) < 4.78 is 11.0. The summed E-state index contributed by atoms with van der Waals surface area (Å²) in [6, 6.07) is 6.06. The van der Waals surface area contributed by atoms with E-state index in [9.17, 15) is 4.79 Å². The molecule has 0 saturated heterocycles. The highest BCUT2D eigenvalue weighted by Crippen LogP contribution is 2.33. The first-order valence-electron chi connectivity index (χ1n) is 6.75. The smallest absolute Gasteiger partial charge is 0.255 e. The van der Waals surface area contributed by atoms with Crippen LogP contribution in [-0.4, -0.2) is 38.3 Å². The zero-order valence-corrected chi connectivity index (χ0v) is 10.8. The molecule has 0 bridgehead atoms. The average molecular weight is 262 g/mol. The van der Waals surface area contributed by atoms with Crippen LogP contribution in [0.25, 0.3) is 0 Å². The molecule has 1 aliphatic heterocycles. The lowest BCUT2D eigenvalue weighted by Crippen LogP contribution is -2.33. The maximum Gasteiger partial charge on any atom is 0.255 e. The van der Waals surface area contributed by atoms with E-state index in [2.05, 4.69) is 10.6 Å². The van der Waals surface area contributed by atoms with Crippen LogP contribution >= 0.6 is 0 Å². The van der Waals surface area contributed by atoms with Crippen molar-refractivity contribution in [1.82, 2.24) is 10.6 Å². The van der Waals surface area contributed by atoms with Crippen molar-refractivity contribution in [3.05, 3.63) is 23.8 Å². The monoisotopic (exact) mass is 262 g/mol. The number of carbonyl (C=O) groups excluding carboxylic acids is 1. The van der Waals surface area contributed by atoms with Crippen molar-refractivity contribution < 1.29 is 14.3 Å². The number of para-hydroxylation sites is 1. The van der Waals surface area contributed by atoms with Crippen LogP contribution in [0.5, 0.6) is 11.5 Å². The van der Waals surface area contributed by atoms with Crippen LogP contribution in [0.2, 0.25) is 0 Å². The minimum absolute atomic E-state index is 0.111. The van der Waals surface area contributed by atoms with Gasteiger partial charge in [0.2, 0.25) is 0 Å². The van der Waals surface area contributed by atoms with Crippen molar-refractivity contribution in [2.75, 3.05) is 26.3 Å². The van der Waals surface area contributed by atoms with E-state index in [-0.39, 0.29) is 5.91 Å².